The molecule has 0 radical (unpaired) electrons. The van der Waals surface area contributed by atoms with Gasteiger partial charge in [-0.15, -0.1) is 0 Å². The molecule has 1 aliphatic rings. The second-order valence-corrected chi connectivity index (χ2v) is 7.54. The van der Waals surface area contributed by atoms with Gasteiger partial charge >= 0.3 is 0 Å². The first-order valence-corrected chi connectivity index (χ1v) is 8.75. The number of nitrogens with one attached hydrogen (secondary N) is 1. The highest BCUT2D eigenvalue weighted by Crippen LogP contribution is 2.28. The fourth-order valence-electron chi connectivity index (χ4n) is 2.83. The van der Waals surface area contributed by atoms with Crippen molar-refractivity contribution in [2.24, 2.45) is 5.92 Å². The van der Waals surface area contributed by atoms with E-state index in [1.54, 1.807) is 16.4 Å². The van der Waals surface area contributed by atoms with E-state index in [-0.39, 0.29) is 6.04 Å². The highest BCUT2D eigenvalue weighted by Gasteiger charge is 2.33. The van der Waals surface area contributed by atoms with Gasteiger partial charge in [0.15, 0.2) is 0 Å². The van der Waals surface area contributed by atoms with Gasteiger partial charge in [-0.1, -0.05) is 6.92 Å². The van der Waals surface area contributed by atoms with Gasteiger partial charge in [0.25, 0.3) is 0 Å². The van der Waals surface area contributed by atoms with E-state index in [9.17, 15) is 8.42 Å². The molecule has 0 saturated carbocycles. The van der Waals surface area contributed by atoms with Crippen LogP contribution in [0.25, 0.3) is 0 Å². The first-order chi connectivity index (χ1) is 9.45. The fourth-order valence-corrected chi connectivity index (χ4v) is 4.48. The Morgan fingerprint density at radius 1 is 1.25 bits per heavy atom. The third-order valence-electron chi connectivity index (χ3n) is 3.92. The van der Waals surface area contributed by atoms with Crippen LogP contribution in [0.5, 0.6) is 0 Å². The summed E-state index contributed by atoms with van der Waals surface area (Å²) in [5, 5.41) is 3.17. The molecule has 0 spiro atoms. The number of piperidine rings is 1. The molecule has 1 fully saturated rings. The summed E-state index contributed by atoms with van der Waals surface area (Å²) in [6.07, 6.45) is 1.88. The van der Waals surface area contributed by atoms with Crippen LogP contribution < -0.4 is 5.32 Å². The molecule has 0 amide bonds. The average molecular weight is 296 g/mol. The molecule has 1 aromatic rings. The number of hydrogen-bond acceptors (Lipinski definition) is 3. The molecule has 1 aromatic carbocycles. The minimum Gasteiger partial charge on any atom is -0.385 e. The molecule has 1 saturated heterocycles. The maximum atomic E-state index is 12.7. The summed E-state index contributed by atoms with van der Waals surface area (Å²) >= 11 is 0. The highest BCUT2D eigenvalue weighted by atomic mass is 32.2. The standard InChI is InChI=1S/C15H24N2O2S/c1-4-16-14-5-7-15(8-6-14)20(18,19)17-10-9-12(2)11-13(17)3/h5-8,12-13,16H,4,9-11H2,1-3H3. The average Bonchev–Trinajstić information content (AvgIpc) is 2.39. The molecule has 20 heavy (non-hydrogen) atoms. The normalized spacial score (nSPS) is 24.6. The Balaban J connectivity index is 2.21. The van der Waals surface area contributed by atoms with Gasteiger partial charge in [0.2, 0.25) is 10.0 Å². The molecule has 0 aromatic heterocycles. The van der Waals surface area contributed by atoms with Gasteiger partial charge in [-0.05, 0) is 56.9 Å². The second-order valence-electron chi connectivity index (χ2n) is 5.65. The molecule has 2 atom stereocenters. The van der Waals surface area contributed by atoms with E-state index in [2.05, 4.69) is 12.2 Å². The summed E-state index contributed by atoms with van der Waals surface area (Å²) in [6.45, 7) is 7.65. The van der Waals surface area contributed by atoms with Gasteiger partial charge in [-0.3, -0.25) is 0 Å². The molecule has 2 rings (SSSR count). The lowest BCUT2D eigenvalue weighted by atomic mass is 9.95. The summed E-state index contributed by atoms with van der Waals surface area (Å²) in [7, 11) is -3.36. The van der Waals surface area contributed by atoms with E-state index in [1.165, 1.54) is 0 Å². The van der Waals surface area contributed by atoms with Crippen molar-refractivity contribution in [2.45, 2.75) is 44.6 Å². The number of hydrogen-bond donors (Lipinski definition) is 1. The number of benzene rings is 1. The molecule has 1 aliphatic heterocycles. The quantitative estimate of drug-likeness (QED) is 0.929. The highest BCUT2D eigenvalue weighted by molar-refractivity contribution is 7.89. The summed E-state index contributed by atoms with van der Waals surface area (Å²) in [4.78, 5) is 0.389. The Hall–Kier alpha value is -1.07. The van der Waals surface area contributed by atoms with E-state index >= 15 is 0 Å². The van der Waals surface area contributed by atoms with Crippen molar-refractivity contribution in [2.75, 3.05) is 18.4 Å². The number of sulfonamides is 1. The van der Waals surface area contributed by atoms with Gasteiger partial charge in [0.05, 0.1) is 4.90 Å². The van der Waals surface area contributed by atoms with Crippen LogP contribution >= 0.6 is 0 Å². The Kier molecular flexibility index (Phi) is 4.70. The van der Waals surface area contributed by atoms with Crippen LogP contribution in [0.15, 0.2) is 29.2 Å². The molecule has 2 unspecified atom stereocenters. The Morgan fingerprint density at radius 2 is 1.90 bits per heavy atom. The smallest absolute Gasteiger partial charge is 0.243 e. The topological polar surface area (TPSA) is 49.4 Å². The predicted molar refractivity (Wildman–Crippen MR) is 82.4 cm³/mol. The Morgan fingerprint density at radius 3 is 2.45 bits per heavy atom. The number of anilines is 1. The maximum Gasteiger partial charge on any atom is 0.243 e. The van der Waals surface area contributed by atoms with E-state index in [1.807, 2.05) is 26.0 Å². The van der Waals surface area contributed by atoms with Crippen molar-refractivity contribution < 1.29 is 8.42 Å². The van der Waals surface area contributed by atoms with Crippen molar-refractivity contribution in [3.05, 3.63) is 24.3 Å². The lowest BCUT2D eigenvalue weighted by Gasteiger charge is -2.35. The molecule has 5 heteroatoms. The van der Waals surface area contributed by atoms with Gasteiger partial charge in [0, 0.05) is 24.8 Å². The largest absolute Gasteiger partial charge is 0.385 e. The van der Waals surface area contributed by atoms with Crippen molar-refractivity contribution >= 4 is 15.7 Å². The van der Waals surface area contributed by atoms with Crippen LogP contribution in [0.2, 0.25) is 0 Å². The predicted octanol–water partition coefficient (Wildman–Crippen LogP) is 2.93. The van der Waals surface area contributed by atoms with Gasteiger partial charge < -0.3 is 5.32 Å². The third-order valence-corrected chi connectivity index (χ3v) is 5.95. The minimum atomic E-state index is -3.36. The molecule has 4 nitrogen and oxygen atoms in total. The second kappa shape index (κ2) is 6.14. The molecule has 1 heterocycles. The lowest BCUT2D eigenvalue weighted by molar-refractivity contribution is 0.220. The van der Waals surface area contributed by atoms with Crippen LogP contribution in [-0.4, -0.2) is 31.9 Å². The summed E-state index contributed by atoms with van der Waals surface area (Å²) < 4.78 is 27.0. The zero-order chi connectivity index (χ0) is 14.8. The van der Waals surface area contributed by atoms with Crippen molar-refractivity contribution in [3.8, 4) is 0 Å². The van der Waals surface area contributed by atoms with Gasteiger partial charge in [-0.25, -0.2) is 8.42 Å². The van der Waals surface area contributed by atoms with Gasteiger partial charge in [-0.2, -0.15) is 4.31 Å². The number of nitrogens with zero attached hydrogens (tertiary/aromatic N) is 1. The van der Waals surface area contributed by atoms with Crippen LogP contribution in [0.3, 0.4) is 0 Å². The Bertz CT molecular complexity index is 539. The zero-order valence-electron chi connectivity index (χ0n) is 12.5. The first kappa shape index (κ1) is 15.3. The fraction of sp³-hybridized carbons (Fsp3) is 0.600. The van der Waals surface area contributed by atoms with Gasteiger partial charge in [0.1, 0.15) is 0 Å². The third kappa shape index (κ3) is 3.15. The van der Waals surface area contributed by atoms with E-state index < -0.39 is 10.0 Å². The van der Waals surface area contributed by atoms with E-state index in [0.717, 1.165) is 25.1 Å². The van der Waals surface area contributed by atoms with Crippen molar-refractivity contribution in [1.29, 1.82) is 0 Å². The van der Waals surface area contributed by atoms with Crippen LogP contribution in [0.4, 0.5) is 5.69 Å². The van der Waals surface area contributed by atoms with Crippen LogP contribution in [-0.2, 0) is 10.0 Å². The van der Waals surface area contributed by atoms with E-state index in [4.69, 9.17) is 0 Å². The molecule has 1 N–H and O–H groups in total. The van der Waals surface area contributed by atoms with Crippen molar-refractivity contribution in [1.82, 2.24) is 4.31 Å². The Labute approximate surface area is 122 Å². The zero-order valence-corrected chi connectivity index (χ0v) is 13.3. The molecular formula is C15H24N2O2S. The summed E-state index contributed by atoms with van der Waals surface area (Å²) in [5.41, 5.74) is 0.951. The SMILES string of the molecule is CCNc1ccc(S(=O)(=O)N2CCC(C)CC2C)cc1. The first-order valence-electron chi connectivity index (χ1n) is 7.31. The number of rotatable bonds is 4. The molecule has 0 bridgehead atoms. The molecule has 0 aliphatic carbocycles. The van der Waals surface area contributed by atoms with E-state index in [0.29, 0.717) is 17.4 Å². The maximum absolute atomic E-state index is 12.7. The van der Waals surface area contributed by atoms with Crippen LogP contribution in [0, 0.1) is 5.92 Å². The van der Waals surface area contributed by atoms with Crippen molar-refractivity contribution in [3.63, 3.8) is 0 Å². The molecular weight excluding hydrogens is 272 g/mol. The summed E-state index contributed by atoms with van der Waals surface area (Å²) in [6, 6.07) is 7.12. The summed E-state index contributed by atoms with van der Waals surface area (Å²) in [5.74, 6) is 0.604. The minimum absolute atomic E-state index is 0.0807. The monoisotopic (exact) mass is 296 g/mol. The lowest BCUT2D eigenvalue weighted by Crippen LogP contribution is -2.44. The van der Waals surface area contributed by atoms with Crippen LogP contribution in [0.1, 0.15) is 33.6 Å². The molecule has 112 valence electrons.